The lowest BCUT2D eigenvalue weighted by atomic mass is 10.1. The molecule has 6 nitrogen and oxygen atoms in total. The van der Waals surface area contributed by atoms with E-state index in [1.165, 1.54) is 0 Å². The van der Waals surface area contributed by atoms with E-state index >= 15 is 0 Å². The van der Waals surface area contributed by atoms with E-state index in [0.29, 0.717) is 42.7 Å². The summed E-state index contributed by atoms with van der Waals surface area (Å²) in [7, 11) is 0. The molecule has 166 valence electrons. The Labute approximate surface area is 196 Å². The van der Waals surface area contributed by atoms with Crippen LogP contribution in [0.4, 0.5) is 0 Å². The minimum atomic E-state index is -0.233. The molecule has 0 radical (unpaired) electrons. The van der Waals surface area contributed by atoms with Crippen molar-refractivity contribution in [2.45, 2.75) is 32.0 Å². The minimum Gasteiger partial charge on any atom is -0.489 e. The van der Waals surface area contributed by atoms with E-state index in [0.717, 1.165) is 22.4 Å². The van der Waals surface area contributed by atoms with Crippen LogP contribution in [0.5, 0.6) is 5.75 Å². The van der Waals surface area contributed by atoms with Crippen LogP contribution in [0.15, 0.2) is 83.4 Å². The Balaban J connectivity index is 1.27. The normalized spacial score (nSPS) is 15.7. The molecular formula is C26H22ClN3O3. The molecular weight excluding hydrogens is 438 g/mol. The first-order chi connectivity index (χ1) is 16.2. The first kappa shape index (κ1) is 21.2. The van der Waals surface area contributed by atoms with Gasteiger partial charge in [0.1, 0.15) is 18.4 Å². The molecule has 1 aliphatic heterocycles. The van der Waals surface area contributed by atoms with Crippen LogP contribution < -0.4 is 4.74 Å². The van der Waals surface area contributed by atoms with Crippen molar-refractivity contribution in [3.8, 4) is 17.1 Å². The van der Waals surface area contributed by atoms with Crippen LogP contribution in [-0.4, -0.2) is 20.9 Å². The van der Waals surface area contributed by atoms with Crippen LogP contribution in [0.3, 0.4) is 0 Å². The van der Waals surface area contributed by atoms with E-state index in [1.807, 2.05) is 78.9 Å². The number of hydrogen-bond acceptors (Lipinski definition) is 5. The van der Waals surface area contributed by atoms with Crippen molar-refractivity contribution in [2.24, 2.45) is 0 Å². The topological polar surface area (TPSA) is 68.5 Å². The number of carbonyl (C=O) groups is 1. The third-order valence-electron chi connectivity index (χ3n) is 5.68. The van der Waals surface area contributed by atoms with Crippen LogP contribution in [-0.2, 0) is 17.9 Å². The van der Waals surface area contributed by atoms with Crippen molar-refractivity contribution in [2.75, 3.05) is 0 Å². The standard InChI is InChI=1S/C26H22ClN3O3/c27-21-10-6-18(7-11-21)16-30-23(14-15-24(30)31)26-28-25(29-33-26)20-8-12-22(13-9-20)32-17-19-4-2-1-3-5-19/h1-13,23H,14-17H2. The molecule has 33 heavy (non-hydrogen) atoms. The van der Waals surface area contributed by atoms with Gasteiger partial charge in [0.25, 0.3) is 0 Å². The zero-order chi connectivity index (χ0) is 22.6. The second-order valence-corrected chi connectivity index (χ2v) is 8.39. The second-order valence-electron chi connectivity index (χ2n) is 7.96. The van der Waals surface area contributed by atoms with Gasteiger partial charge in [0.05, 0.1) is 0 Å². The number of halogens is 1. The van der Waals surface area contributed by atoms with Crippen molar-refractivity contribution in [3.63, 3.8) is 0 Å². The Morgan fingerprint density at radius 2 is 1.73 bits per heavy atom. The van der Waals surface area contributed by atoms with E-state index < -0.39 is 0 Å². The molecule has 2 heterocycles. The van der Waals surface area contributed by atoms with Gasteiger partial charge >= 0.3 is 0 Å². The molecule has 1 aromatic heterocycles. The van der Waals surface area contributed by atoms with E-state index in [9.17, 15) is 4.79 Å². The summed E-state index contributed by atoms with van der Waals surface area (Å²) in [5.41, 5.74) is 2.94. The van der Waals surface area contributed by atoms with Crippen LogP contribution in [0.2, 0.25) is 5.02 Å². The van der Waals surface area contributed by atoms with E-state index in [4.69, 9.17) is 20.9 Å². The molecule has 4 aromatic rings. The highest BCUT2D eigenvalue weighted by molar-refractivity contribution is 6.30. The lowest BCUT2D eigenvalue weighted by Crippen LogP contribution is -2.27. The van der Waals surface area contributed by atoms with Gasteiger partial charge < -0.3 is 14.2 Å². The zero-order valence-corrected chi connectivity index (χ0v) is 18.6. The first-order valence-electron chi connectivity index (χ1n) is 10.8. The van der Waals surface area contributed by atoms with Crippen molar-refractivity contribution in [1.29, 1.82) is 0 Å². The highest BCUT2D eigenvalue weighted by Gasteiger charge is 2.36. The van der Waals surface area contributed by atoms with E-state index in [1.54, 1.807) is 4.90 Å². The third-order valence-corrected chi connectivity index (χ3v) is 5.93. The molecule has 5 rings (SSSR count). The van der Waals surface area contributed by atoms with Crippen LogP contribution in [0.1, 0.15) is 35.9 Å². The molecule has 3 aromatic carbocycles. The van der Waals surface area contributed by atoms with Crippen molar-refractivity contribution in [1.82, 2.24) is 15.0 Å². The summed E-state index contributed by atoms with van der Waals surface area (Å²) < 4.78 is 11.4. The van der Waals surface area contributed by atoms with E-state index in [2.05, 4.69) is 10.1 Å². The average Bonchev–Trinajstić information content (AvgIpc) is 3.47. The van der Waals surface area contributed by atoms with Gasteiger partial charge in [0.15, 0.2) is 0 Å². The number of likely N-dealkylation sites (tertiary alicyclic amines) is 1. The Bertz CT molecular complexity index is 1220. The lowest BCUT2D eigenvalue weighted by molar-refractivity contribution is -0.129. The molecule has 0 saturated carbocycles. The molecule has 0 aliphatic carbocycles. The molecule has 0 N–H and O–H groups in total. The molecule has 1 unspecified atom stereocenters. The van der Waals surface area contributed by atoms with Crippen molar-refractivity contribution >= 4 is 17.5 Å². The van der Waals surface area contributed by atoms with Gasteiger partial charge in [-0.2, -0.15) is 4.98 Å². The summed E-state index contributed by atoms with van der Waals surface area (Å²) >= 11 is 5.98. The summed E-state index contributed by atoms with van der Waals surface area (Å²) in [6.45, 7) is 0.984. The van der Waals surface area contributed by atoms with Gasteiger partial charge in [-0.25, -0.2) is 0 Å². The highest BCUT2D eigenvalue weighted by Crippen LogP contribution is 2.34. The van der Waals surface area contributed by atoms with Gasteiger partial charge in [-0.05, 0) is 53.9 Å². The second kappa shape index (κ2) is 9.46. The first-order valence-corrected chi connectivity index (χ1v) is 11.2. The number of ether oxygens (including phenoxy) is 1. The summed E-state index contributed by atoms with van der Waals surface area (Å²) in [5.74, 6) is 1.79. The maximum atomic E-state index is 12.5. The van der Waals surface area contributed by atoms with Gasteiger partial charge in [-0.1, -0.05) is 59.2 Å². The maximum Gasteiger partial charge on any atom is 0.249 e. The van der Waals surface area contributed by atoms with Gasteiger partial charge in [0.2, 0.25) is 17.6 Å². The number of nitrogens with zero attached hydrogens (tertiary/aromatic N) is 3. The van der Waals surface area contributed by atoms with Gasteiger partial charge in [0, 0.05) is 23.6 Å². The number of hydrogen-bond donors (Lipinski definition) is 0. The minimum absolute atomic E-state index is 0.0783. The average molecular weight is 460 g/mol. The third kappa shape index (κ3) is 4.91. The largest absolute Gasteiger partial charge is 0.489 e. The molecule has 1 saturated heterocycles. The van der Waals surface area contributed by atoms with Gasteiger partial charge in [-0.15, -0.1) is 0 Å². The van der Waals surface area contributed by atoms with Crippen molar-refractivity contribution in [3.05, 3.63) is 101 Å². The zero-order valence-electron chi connectivity index (χ0n) is 17.9. The number of amides is 1. The van der Waals surface area contributed by atoms with E-state index in [-0.39, 0.29) is 11.9 Å². The fourth-order valence-corrected chi connectivity index (χ4v) is 4.03. The van der Waals surface area contributed by atoms with Crippen molar-refractivity contribution < 1.29 is 14.1 Å². The Kier molecular flexibility index (Phi) is 6.09. The predicted molar refractivity (Wildman–Crippen MR) is 124 cm³/mol. The summed E-state index contributed by atoms with van der Waals surface area (Å²) in [5, 5.41) is 4.82. The summed E-state index contributed by atoms with van der Waals surface area (Å²) in [6, 6.07) is 24.9. The number of carbonyl (C=O) groups excluding carboxylic acids is 1. The highest BCUT2D eigenvalue weighted by atomic mass is 35.5. The molecule has 1 amide bonds. The monoisotopic (exact) mass is 459 g/mol. The van der Waals surface area contributed by atoms with Crippen LogP contribution in [0, 0.1) is 0 Å². The summed E-state index contributed by atoms with van der Waals surface area (Å²) in [4.78, 5) is 18.9. The fourth-order valence-electron chi connectivity index (χ4n) is 3.90. The SMILES string of the molecule is O=C1CCC(c2nc(-c3ccc(OCc4ccccc4)cc3)no2)N1Cc1ccc(Cl)cc1. The fraction of sp³-hybridized carbons (Fsp3) is 0.192. The Morgan fingerprint density at radius 3 is 2.48 bits per heavy atom. The van der Waals surface area contributed by atoms with Crippen LogP contribution >= 0.6 is 11.6 Å². The number of benzene rings is 3. The molecule has 0 spiro atoms. The quantitative estimate of drug-likeness (QED) is 0.347. The lowest BCUT2D eigenvalue weighted by Gasteiger charge is -2.22. The number of rotatable bonds is 7. The maximum absolute atomic E-state index is 12.5. The van der Waals surface area contributed by atoms with Crippen LogP contribution in [0.25, 0.3) is 11.4 Å². The Hall–Kier alpha value is -3.64. The molecule has 0 bridgehead atoms. The van der Waals surface area contributed by atoms with Gasteiger partial charge in [-0.3, -0.25) is 4.79 Å². The number of aromatic nitrogens is 2. The predicted octanol–water partition coefficient (Wildman–Crippen LogP) is 5.83. The smallest absolute Gasteiger partial charge is 0.249 e. The molecule has 1 atom stereocenters. The molecule has 1 aliphatic rings. The summed E-state index contributed by atoms with van der Waals surface area (Å²) in [6.07, 6.45) is 1.11. The Morgan fingerprint density at radius 1 is 0.970 bits per heavy atom. The molecule has 7 heteroatoms. The molecule has 1 fully saturated rings.